The van der Waals surface area contributed by atoms with E-state index in [9.17, 15) is 4.79 Å². The number of carbonyl (C=O) groups excluding carboxylic acids is 1. The van der Waals surface area contributed by atoms with Gasteiger partial charge in [-0.1, -0.05) is 11.6 Å². The molecule has 0 aliphatic carbocycles. The van der Waals surface area contributed by atoms with Crippen LogP contribution < -0.4 is 9.64 Å². The second-order valence-electron chi connectivity index (χ2n) is 5.80. The van der Waals surface area contributed by atoms with Gasteiger partial charge in [-0.15, -0.1) is 0 Å². The number of hydrogen-bond donors (Lipinski definition) is 2. The van der Waals surface area contributed by atoms with Crippen LogP contribution in [-0.4, -0.2) is 68.9 Å². The highest BCUT2D eigenvalue weighted by Crippen LogP contribution is 2.17. The molecule has 2 N–H and O–H groups in total. The predicted octanol–water partition coefficient (Wildman–Crippen LogP) is 1.67. The van der Waals surface area contributed by atoms with Gasteiger partial charge < -0.3 is 14.5 Å². The molecule has 0 bridgehead atoms. The van der Waals surface area contributed by atoms with Gasteiger partial charge in [0.2, 0.25) is 17.7 Å². The van der Waals surface area contributed by atoms with Crippen LogP contribution in [0.15, 0.2) is 18.5 Å². The van der Waals surface area contributed by atoms with Crippen molar-refractivity contribution in [3.8, 4) is 5.88 Å². The minimum atomic E-state index is 0.165. The third kappa shape index (κ3) is 5.95. The fraction of sp³-hybridized carbons (Fsp3) is 0.500. The van der Waals surface area contributed by atoms with Gasteiger partial charge in [0.1, 0.15) is 0 Å². The summed E-state index contributed by atoms with van der Waals surface area (Å²) in [6.07, 6.45) is 5.27. The van der Waals surface area contributed by atoms with Gasteiger partial charge in [0.15, 0.2) is 0 Å². The molecule has 2 aromatic heterocycles. The number of ether oxygens (including phenoxy) is 1. The molecule has 1 aliphatic rings. The molecule has 1 aliphatic heterocycles. The monoisotopic (exact) mass is 416 g/mol. The number of nitrogens with zero attached hydrogens (tertiary/aromatic N) is 5. The van der Waals surface area contributed by atoms with Gasteiger partial charge in [-0.2, -0.15) is 10.1 Å². The summed E-state index contributed by atoms with van der Waals surface area (Å²) < 4.78 is 11.6. The lowest BCUT2D eigenvalue weighted by atomic mass is 10.1. The highest BCUT2D eigenvalue weighted by Gasteiger charge is 2.22. The van der Waals surface area contributed by atoms with Crippen molar-refractivity contribution in [1.82, 2.24) is 25.1 Å². The van der Waals surface area contributed by atoms with Gasteiger partial charge in [-0.25, -0.2) is 4.98 Å². The number of aryl methyl sites for hydroxylation is 1. The van der Waals surface area contributed by atoms with Crippen molar-refractivity contribution in [2.45, 2.75) is 19.3 Å². The minimum absolute atomic E-state index is 0.165. The van der Waals surface area contributed by atoms with Crippen LogP contribution in [-0.2, 0) is 11.2 Å². The zero-order valence-electron chi connectivity index (χ0n) is 14.9. The predicted molar refractivity (Wildman–Crippen MR) is 102 cm³/mol. The Hall–Kier alpha value is -2.10. The summed E-state index contributed by atoms with van der Waals surface area (Å²) in [4.78, 5) is 24.9. The molecule has 0 saturated carbocycles. The molecule has 1 fully saturated rings. The van der Waals surface area contributed by atoms with E-state index in [4.69, 9.17) is 21.0 Å². The largest absolute Gasteiger partial charge is 0.481 e. The molecule has 2 aromatic rings. The summed E-state index contributed by atoms with van der Waals surface area (Å²) in [7, 11) is 1.58. The summed E-state index contributed by atoms with van der Waals surface area (Å²) in [5, 5.41) is 7.42. The topological polar surface area (TPSA) is 107 Å². The van der Waals surface area contributed by atoms with Crippen LogP contribution >= 0.6 is 23.5 Å². The lowest BCUT2D eigenvalue weighted by Crippen LogP contribution is -2.49. The highest BCUT2D eigenvalue weighted by atomic mass is 35.5. The van der Waals surface area contributed by atoms with E-state index < -0.39 is 0 Å². The molecule has 0 atom stereocenters. The Bertz CT molecular complexity index is 722. The van der Waals surface area contributed by atoms with Crippen molar-refractivity contribution >= 4 is 35.3 Å². The van der Waals surface area contributed by atoms with Crippen LogP contribution in [0.25, 0.3) is 0 Å². The lowest BCUT2D eigenvalue weighted by molar-refractivity contribution is -0.131. The Kier molecular flexibility index (Phi) is 8.56. The van der Waals surface area contributed by atoms with E-state index in [0.29, 0.717) is 55.9 Å². The number of methoxy groups -OCH3 is 1. The Morgan fingerprint density at radius 3 is 2.70 bits per heavy atom. The van der Waals surface area contributed by atoms with E-state index in [1.54, 1.807) is 25.6 Å². The molecular formula is C16H22Cl2N6O3. The standard InChI is InChI=1S/C16H21ClN6O2.ClHO/c1-25-14-5-6-18-16(20-14)23-9-7-22(8-10-23)15(24)4-2-3-13-12(17)11-19-21-13;1-2/h5-6,11H,2-4,7-10H2,1H3,(H,19,21);2H. The number of nitrogens with one attached hydrogen (secondary N) is 1. The van der Waals surface area contributed by atoms with Crippen molar-refractivity contribution < 1.29 is 14.2 Å². The molecule has 1 amide bonds. The van der Waals surface area contributed by atoms with E-state index in [0.717, 1.165) is 12.1 Å². The first-order valence-corrected chi connectivity index (χ1v) is 9.14. The third-order valence-electron chi connectivity index (χ3n) is 4.21. The minimum Gasteiger partial charge on any atom is -0.481 e. The molecular weight excluding hydrogens is 395 g/mol. The number of halogens is 2. The number of aromatic nitrogens is 4. The van der Waals surface area contributed by atoms with E-state index in [1.807, 2.05) is 4.90 Å². The smallest absolute Gasteiger partial charge is 0.228 e. The first-order valence-electron chi connectivity index (χ1n) is 8.42. The zero-order valence-corrected chi connectivity index (χ0v) is 16.4. The van der Waals surface area contributed by atoms with Crippen LogP contribution in [0.2, 0.25) is 5.02 Å². The van der Waals surface area contributed by atoms with Crippen molar-refractivity contribution in [3.05, 3.63) is 29.2 Å². The Labute approximate surface area is 167 Å². The number of rotatable bonds is 6. The number of hydrogen-bond acceptors (Lipinski definition) is 7. The van der Waals surface area contributed by atoms with Crippen LogP contribution in [0.1, 0.15) is 18.5 Å². The molecule has 3 heterocycles. The first-order chi connectivity index (χ1) is 13.2. The number of carbonyl (C=O) groups is 1. The maximum Gasteiger partial charge on any atom is 0.228 e. The molecule has 148 valence electrons. The summed E-state index contributed by atoms with van der Waals surface area (Å²) in [6, 6.07) is 1.72. The second-order valence-corrected chi connectivity index (χ2v) is 6.21. The SMILES string of the molecule is COc1ccnc(N2CCN(C(=O)CCCc3n[nH]cc3Cl)CC2)n1.OCl. The maximum atomic E-state index is 12.4. The molecule has 1 saturated heterocycles. The molecule has 11 heteroatoms. The molecule has 3 rings (SSSR count). The fourth-order valence-corrected chi connectivity index (χ4v) is 2.98. The average molecular weight is 417 g/mol. The number of piperazine rings is 1. The van der Waals surface area contributed by atoms with E-state index in [1.165, 1.54) is 0 Å². The maximum absolute atomic E-state index is 12.4. The second kappa shape index (κ2) is 10.9. The fourth-order valence-electron chi connectivity index (χ4n) is 2.80. The zero-order chi connectivity index (χ0) is 19.6. The number of amides is 1. The summed E-state index contributed by atoms with van der Waals surface area (Å²) in [5.74, 6) is 1.35. The van der Waals surface area contributed by atoms with Crippen molar-refractivity contribution in [3.63, 3.8) is 0 Å². The summed E-state index contributed by atoms with van der Waals surface area (Å²) in [6.45, 7) is 2.76. The van der Waals surface area contributed by atoms with Gasteiger partial charge in [0, 0.05) is 51.1 Å². The van der Waals surface area contributed by atoms with Gasteiger partial charge in [0.25, 0.3) is 0 Å². The average Bonchev–Trinajstić information content (AvgIpc) is 3.14. The Morgan fingerprint density at radius 2 is 2.07 bits per heavy atom. The number of anilines is 1. The van der Waals surface area contributed by atoms with E-state index in [-0.39, 0.29) is 5.91 Å². The summed E-state index contributed by atoms with van der Waals surface area (Å²) >= 11 is 9.62. The Morgan fingerprint density at radius 1 is 1.33 bits per heavy atom. The normalized spacial score (nSPS) is 13.8. The van der Waals surface area contributed by atoms with E-state index in [2.05, 4.69) is 36.9 Å². The lowest BCUT2D eigenvalue weighted by Gasteiger charge is -2.34. The Balaban J connectivity index is 0.00000126. The molecule has 0 aromatic carbocycles. The summed E-state index contributed by atoms with van der Waals surface area (Å²) in [5.41, 5.74) is 0.814. The van der Waals surface area contributed by atoms with Gasteiger partial charge in [0.05, 0.1) is 29.7 Å². The molecule has 0 spiro atoms. The number of aromatic amines is 1. The van der Waals surface area contributed by atoms with Crippen LogP contribution in [0.3, 0.4) is 0 Å². The number of H-pyrrole nitrogens is 1. The van der Waals surface area contributed by atoms with Gasteiger partial charge in [-0.3, -0.25) is 14.6 Å². The van der Waals surface area contributed by atoms with Crippen molar-refractivity contribution in [2.24, 2.45) is 0 Å². The molecule has 9 nitrogen and oxygen atoms in total. The molecule has 0 unspecified atom stereocenters. The van der Waals surface area contributed by atoms with Crippen molar-refractivity contribution in [2.75, 3.05) is 38.2 Å². The molecule has 0 radical (unpaired) electrons. The first kappa shape index (κ1) is 21.2. The highest BCUT2D eigenvalue weighted by molar-refractivity contribution is 6.31. The quantitative estimate of drug-likeness (QED) is 0.736. The van der Waals surface area contributed by atoms with Gasteiger partial charge >= 0.3 is 0 Å². The molecule has 27 heavy (non-hydrogen) atoms. The van der Waals surface area contributed by atoms with E-state index >= 15 is 0 Å². The third-order valence-corrected chi connectivity index (χ3v) is 4.54. The van der Waals surface area contributed by atoms with Crippen molar-refractivity contribution in [1.29, 1.82) is 0 Å². The van der Waals surface area contributed by atoms with Crippen LogP contribution in [0, 0.1) is 0 Å². The van der Waals surface area contributed by atoms with Gasteiger partial charge in [-0.05, 0) is 12.8 Å². The van der Waals surface area contributed by atoms with Crippen LogP contribution in [0.5, 0.6) is 5.88 Å². The van der Waals surface area contributed by atoms with Crippen LogP contribution in [0.4, 0.5) is 5.95 Å².